The minimum atomic E-state index is -1.04. The minimum Gasteiger partial charge on any atom is -0.481 e. The third-order valence-electron chi connectivity index (χ3n) is 4.98. The number of thiazole rings is 1. The molecule has 1 aromatic heterocycles. The number of carboxylic acids is 1. The van der Waals surface area contributed by atoms with Crippen molar-refractivity contribution in [1.82, 2.24) is 4.98 Å². The Hall–Kier alpha value is -2.59. The lowest BCUT2D eigenvalue weighted by Crippen LogP contribution is -2.23. The number of carboxylic acid groups (broad SMARTS) is 1. The van der Waals surface area contributed by atoms with E-state index in [-0.39, 0.29) is 23.3 Å². The van der Waals surface area contributed by atoms with Crippen LogP contribution in [0.2, 0.25) is 0 Å². The lowest BCUT2D eigenvalue weighted by atomic mass is 9.94. The molecule has 3 rings (SSSR count). The predicted octanol–water partition coefficient (Wildman–Crippen LogP) is 4.18. The normalized spacial score (nSPS) is 13.7. The predicted molar refractivity (Wildman–Crippen MR) is 120 cm³/mol. The van der Waals surface area contributed by atoms with Gasteiger partial charge < -0.3 is 15.7 Å². The molecule has 1 aliphatic carbocycles. The molecule has 2 amide bonds. The highest BCUT2D eigenvalue weighted by Crippen LogP contribution is 2.31. The summed E-state index contributed by atoms with van der Waals surface area (Å²) in [6.45, 7) is 1.88. The first-order valence-corrected chi connectivity index (χ1v) is 11.5. The van der Waals surface area contributed by atoms with Gasteiger partial charge in [0, 0.05) is 11.5 Å². The molecular formula is C21H22BrN3O5S. The van der Waals surface area contributed by atoms with Gasteiger partial charge in [-0.15, -0.1) is 0 Å². The Morgan fingerprint density at radius 3 is 2.52 bits per heavy atom. The number of benzene rings is 1. The maximum absolute atomic E-state index is 12.9. The molecule has 1 heterocycles. The fraction of sp³-hybridized carbons (Fsp3) is 0.381. The van der Waals surface area contributed by atoms with E-state index < -0.39 is 24.2 Å². The first kappa shape index (κ1) is 23.1. The van der Waals surface area contributed by atoms with Gasteiger partial charge in [0.1, 0.15) is 6.42 Å². The van der Waals surface area contributed by atoms with E-state index >= 15 is 0 Å². The molecular weight excluding hydrogens is 486 g/mol. The second kappa shape index (κ2) is 10.1. The van der Waals surface area contributed by atoms with E-state index in [0.29, 0.717) is 20.7 Å². The number of anilines is 2. The van der Waals surface area contributed by atoms with Gasteiger partial charge in [0.2, 0.25) is 11.8 Å². The zero-order valence-corrected chi connectivity index (χ0v) is 19.3. The Bertz CT molecular complexity index is 1030. The number of aryl methyl sites for hydroxylation is 1. The molecule has 164 valence electrons. The third kappa shape index (κ3) is 6.20. The molecule has 0 aliphatic heterocycles. The van der Waals surface area contributed by atoms with Gasteiger partial charge in [-0.05, 0) is 47.8 Å². The van der Waals surface area contributed by atoms with Crippen LogP contribution in [0, 0.1) is 12.8 Å². The lowest BCUT2D eigenvalue weighted by Gasteiger charge is -2.14. The van der Waals surface area contributed by atoms with Crippen molar-refractivity contribution in [3.63, 3.8) is 0 Å². The van der Waals surface area contributed by atoms with Gasteiger partial charge in [-0.2, -0.15) is 0 Å². The van der Waals surface area contributed by atoms with Crippen LogP contribution < -0.4 is 10.6 Å². The van der Waals surface area contributed by atoms with Crippen LogP contribution in [0.3, 0.4) is 0 Å². The number of nitrogens with one attached hydrogen (secondary N) is 2. The van der Waals surface area contributed by atoms with Gasteiger partial charge in [0.25, 0.3) is 0 Å². The number of ketones is 1. The summed E-state index contributed by atoms with van der Waals surface area (Å²) in [5, 5.41) is 14.3. The van der Waals surface area contributed by atoms with E-state index in [2.05, 4.69) is 31.5 Å². The summed E-state index contributed by atoms with van der Waals surface area (Å²) in [5.74, 6) is -2.17. The molecule has 8 nitrogen and oxygen atoms in total. The maximum atomic E-state index is 12.9. The Balaban J connectivity index is 1.63. The molecule has 0 spiro atoms. The Morgan fingerprint density at radius 1 is 1.16 bits per heavy atom. The standard InChI is InChI=1S/C21H22BrN3O5S/c1-11-6-7-14(13(8-11)19(30)12-4-2-3-5-12)23-16(26)10-17(27)25-21-24-15(9-18(28)29)20(22)31-21/h6-8,12H,2-5,9-10H2,1H3,(H,23,26)(H,28,29)(H,24,25,27). The van der Waals surface area contributed by atoms with Crippen molar-refractivity contribution >= 4 is 61.7 Å². The molecule has 2 aromatic rings. The highest BCUT2D eigenvalue weighted by Gasteiger charge is 2.26. The van der Waals surface area contributed by atoms with Crippen LogP contribution in [-0.2, 0) is 20.8 Å². The van der Waals surface area contributed by atoms with Crippen LogP contribution in [0.25, 0.3) is 0 Å². The average molecular weight is 508 g/mol. The van der Waals surface area contributed by atoms with Gasteiger partial charge in [-0.25, -0.2) is 4.98 Å². The number of amides is 2. The van der Waals surface area contributed by atoms with Crippen molar-refractivity contribution in [2.24, 2.45) is 5.92 Å². The summed E-state index contributed by atoms with van der Waals surface area (Å²) >= 11 is 4.29. The van der Waals surface area contributed by atoms with E-state index in [0.717, 1.165) is 42.6 Å². The molecule has 10 heteroatoms. The molecule has 1 aliphatic rings. The van der Waals surface area contributed by atoms with E-state index in [9.17, 15) is 19.2 Å². The average Bonchev–Trinajstić information content (AvgIpc) is 3.32. The summed E-state index contributed by atoms with van der Waals surface area (Å²) in [4.78, 5) is 52.4. The largest absolute Gasteiger partial charge is 0.481 e. The number of aromatic nitrogens is 1. The van der Waals surface area contributed by atoms with E-state index in [1.165, 1.54) is 0 Å². The highest BCUT2D eigenvalue weighted by atomic mass is 79.9. The summed E-state index contributed by atoms with van der Waals surface area (Å²) in [6, 6.07) is 5.26. The van der Waals surface area contributed by atoms with E-state index in [1.807, 2.05) is 6.92 Å². The van der Waals surface area contributed by atoms with Crippen molar-refractivity contribution in [2.45, 2.75) is 45.4 Å². The molecule has 0 saturated heterocycles. The number of Topliss-reactive ketones (excluding diaryl/α,β-unsaturated/α-hetero) is 1. The number of aliphatic carboxylic acids is 1. The summed E-state index contributed by atoms with van der Waals surface area (Å²) in [6.07, 6.45) is 3.04. The maximum Gasteiger partial charge on any atom is 0.309 e. The van der Waals surface area contributed by atoms with Crippen molar-refractivity contribution in [2.75, 3.05) is 10.6 Å². The van der Waals surface area contributed by atoms with Gasteiger partial charge in [-0.3, -0.25) is 19.2 Å². The highest BCUT2D eigenvalue weighted by molar-refractivity contribution is 9.11. The van der Waals surface area contributed by atoms with Crippen molar-refractivity contribution in [3.8, 4) is 0 Å². The van der Waals surface area contributed by atoms with Gasteiger partial charge in [-0.1, -0.05) is 35.8 Å². The Kier molecular flexibility index (Phi) is 7.55. The Labute approximate surface area is 191 Å². The van der Waals surface area contributed by atoms with Gasteiger partial charge >= 0.3 is 5.97 Å². The van der Waals surface area contributed by atoms with E-state index in [4.69, 9.17) is 5.11 Å². The number of hydrogen-bond donors (Lipinski definition) is 3. The first-order valence-electron chi connectivity index (χ1n) is 9.84. The lowest BCUT2D eigenvalue weighted by molar-refractivity contribution is -0.136. The summed E-state index contributed by atoms with van der Waals surface area (Å²) < 4.78 is 0.504. The first-order chi connectivity index (χ1) is 14.7. The molecule has 0 unspecified atom stereocenters. The zero-order chi connectivity index (χ0) is 22.5. The molecule has 3 N–H and O–H groups in total. The van der Waals surface area contributed by atoms with Crippen LogP contribution in [0.1, 0.15) is 53.7 Å². The number of carbonyl (C=O) groups is 4. The molecule has 0 radical (unpaired) electrons. The van der Waals surface area contributed by atoms with E-state index in [1.54, 1.807) is 18.2 Å². The minimum absolute atomic E-state index is 0.0240. The third-order valence-corrected chi connectivity index (χ3v) is 6.72. The quantitative estimate of drug-likeness (QED) is 0.363. The smallest absolute Gasteiger partial charge is 0.309 e. The number of rotatable bonds is 8. The molecule has 1 aromatic carbocycles. The number of carbonyl (C=O) groups excluding carboxylic acids is 3. The molecule has 1 saturated carbocycles. The van der Waals surface area contributed by atoms with Crippen molar-refractivity contribution < 1.29 is 24.3 Å². The van der Waals surface area contributed by atoms with Crippen molar-refractivity contribution in [1.29, 1.82) is 0 Å². The second-order valence-corrected chi connectivity index (χ2v) is 9.79. The van der Waals surface area contributed by atoms with Crippen LogP contribution >= 0.6 is 27.3 Å². The molecule has 0 atom stereocenters. The summed E-state index contributed by atoms with van der Waals surface area (Å²) in [5.41, 5.74) is 2.10. The molecule has 0 bridgehead atoms. The van der Waals surface area contributed by atoms with Crippen LogP contribution in [0.15, 0.2) is 22.0 Å². The molecule has 31 heavy (non-hydrogen) atoms. The topological polar surface area (TPSA) is 125 Å². The molecule has 1 fully saturated rings. The monoisotopic (exact) mass is 507 g/mol. The number of hydrogen-bond acceptors (Lipinski definition) is 6. The number of nitrogens with zero attached hydrogens (tertiary/aromatic N) is 1. The van der Waals surface area contributed by atoms with Gasteiger partial charge in [0.05, 0.1) is 21.6 Å². The Morgan fingerprint density at radius 2 is 1.84 bits per heavy atom. The summed E-state index contributed by atoms with van der Waals surface area (Å²) in [7, 11) is 0. The fourth-order valence-corrected chi connectivity index (χ4v) is 4.94. The van der Waals surface area contributed by atoms with Gasteiger partial charge in [0.15, 0.2) is 10.9 Å². The van der Waals surface area contributed by atoms with Crippen LogP contribution in [0.4, 0.5) is 10.8 Å². The SMILES string of the molecule is Cc1ccc(NC(=O)CC(=O)Nc2nc(CC(=O)O)c(Br)s2)c(C(=O)C2CCCC2)c1. The number of halogens is 1. The fourth-order valence-electron chi connectivity index (χ4n) is 3.52. The van der Waals surface area contributed by atoms with Crippen LogP contribution in [-0.4, -0.2) is 33.7 Å². The van der Waals surface area contributed by atoms with Crippen LogP contribution in [0.5, 0.6) is 0 Å². The second-order valence-electron chi connectivity index (χ2n) is 7.48. The zero-order valence-electron chi connectivity index (χ0n) is 16.9. The van der Waals surface area contributed by atoms with Crippen molar-refractivity contribution in [3.05, 3.63) is 38.8 Å².